The third-order valence-corrected chi connectivity index (χ3v) is 6.31. The third-order valence-electron chi connectivity index (χ3n) is 6.31. The first-order chi connectivity index (χ1) is 13.1. The first kappa shape index (κ1) is 18.2. The van der Waals surface area contributed by atoms with Crippen LogP contribution >= 0.6 is 0 Å². The molecule has 1 aliphatic heterocycles. The van der Waals surface area contributed by atoms with Crippen LogP contribution in [0.2, 0.25) is 0 Å². The number of aliphatic hydroxyl groups is 1. The molecule has 0 bridgehead atoms. The molecule has 0 spiro atoms. The molecule has 146 valence electrons. The van der Waals surface area contributed by atoms with E-state index in [-0.39, 0.29) is 11.8 Å². The Balaban J connectivity index is 1.39. The number of nitrogens with one attached hydrogen (secondary N) is 1. The number of aromatic amines is 1. The predicted octanol–water partition coefficient (Wildman–Crippen LogP) is 2.78. The number of aryl methyl sites for hydroxylation is 1. The van der Waals surface area contributed by atoms with Crippen LogP contribution in [0.25, 0.3) is 0 Å². The number of nitrogens with zero attached hydrogens (tertiary/aromatic N) is 4. The van der Waals surface area contributed by atoms with Crippen LogP contribution in [0.1, 0.15) is 78.8 Å². The van der Waals surface area contributed by atoms with Gasteiger partial charge in [0.1, 0.15) is 11.9 Å². The van der Waals surface area contributed by atoms with Crippen molar-refractivity contribution in [2.24, 2.45) is 13.0 Å². The highest BCUT2D eigenvalue weighted by atomic mass is 16.3. The average molecular weight is 371 g/mol. The Morgan fingerprint density at radius 1 is 1.22 bits per heavy atom. The zero-order valence-electron chi connectivity index (χ0n) is 16.0. The lowest BCUT2D eigenvalue weighted by atomic mass is 9.85. The maximum absolute atomic E-state index is 13.1. The van der Waals surface area contributed by atoms with Gasteiger partial charge in [0.15, 0.2) is 0 Å². The van der Waals surface area contributed by atoms with Crippen molar-refractivity contribution < 1.29 is 9.90 Å². The van der Waals surface area contributed by atoms with E-state index in [9.17, 15) is 9.90 Å². The molecule has 1 atom stereocenters. The maximum Gasteiger partial charge on any atom is 0.257 e. The Morgan fingerprint density at radius 3 is 2.63 bits per heavy atom. The molecule has 3 heterocycles. The van der Waals surface area contributed by atoms with Gasteiger partial charge in [-0.1, -0.05) is 19.3 Å². The van der Waals surface area contributed by atoms with Gasteiger partial charge in [-0.2, -0.15) is 5.10 Å². The van der Waals surface area contributed by atoms with Crippen LogP contribution in [0, 0.1) is 5.92 Å². The van der Waals surface area contributed by atoms with E-state index in [1.807, 2.05) is 22.7 Å². The normalized spacial score (nSPS) is 20.7. The smallest absolute Gasteiger partial charge is 0.257 e. The molecular formula is C20H29N5O2. The summed E-state index contributed by atoms with van der Waals surface area (Å²) in [7, 11) is 1.90. The second-order valence-electron chi connectivity index (χ2n) is 8.00. The zero-order valence-corrected chi connectivity index (χ0v) is 16.0. The Hall–Kier alpha value is -2.15. The number of piperidine rings is 1. The van der Waals surface area contributed by atoms with E-state index < -0.39 is 6.10 Å². The van der Waals surface area contributed by atoms with Gasteiger partial charge in [-0.15, -0.1) is 0 Å². The van der Waals surface area contributed by atoms with E-state index >= 15 is 0 Å². The Kier molecular flexibility index (Phi) is 5.29. The molecule has 7 heteroatoms. The fourth-order valence-corrected chi connectivity index (χ4v) is 4.63. The van der Waals surface area contributed by atoms with E-state index in [4.69, 9.17) is 0 Å². The van der Waals surface area contributed by atoms with Crippen LogP contribution in [-0.2, 0) is 7.05 Å². The van der Waals surface area contributed by atoms with Crippen LogP contribution in [0.3, 0.4) is 0 Å². The van der Waals surface area contributed by atoms with Crippen molar-refractivity contribution in [3.63, 3.8) is 0 Å². The fraction of sp³-hybridized carbons (Fsp3) is 0.650. The van der Waals surface area contributed by atoms with Crippen LogP contribution in [0.15, 0.2) is 18.6 Å². The van der Waals surface area contributed by atoms with Gasteiger partial charge in [-0.25, -0.2) is 4.98 Å². The van der Waals surface area contributed by atoms with Crippen molar-refractivity contribution in [2.75, 3.05) is 13.1 Å². The lowest BCUT2D eigenvalue weighted by molar-refractivity contribution is 0.0419. The first-order valence-corrected chi connectivity index (χ1v) is 10.1. The highest BCUT2D eigenvalue weighted by molar-refractivity contribution is 5.95. The van der Waals surface area contributed by atoms with Crippen molar-refractivity contribution in [1.82, 2.24) is 24.6 Å². The average Bonchev–Trinajstić information content (AvgIpc) is 3.37. The third kappa shape index (κ3) is 3.65. The summed E-state index contributed by atoms with van der Waals surface area (Å²) in [6.45, 7) is 1.33. The molecule has 1 amide bonds. The second-order valence-corrected chi connectivity index (χ2v) is 8.00. The van der Waals surface area contributed by atoms with E-state index in [0.29, 0.717) is 24.8 Å². The minimum Gasteiger partial charge on any atom is -0.385 e. The molecule has 2 aromatic heterocycles. The number of H-pyrrole nitrogens is 1. The van der Waals surface area contributed by atoms with E-state index in [2.05, 4.69) is 15.2 Å². The van der Waals surface area contributed by atoms with E-state index in [1.54, 1.807) is 12.4 Å². The van der Waals surface area contributed by atoms with Gasteiger partial charge in [0.2, 0.25) is 0 Å². The summed E-state index contributed by atoms with van der Waals surface area (Å²) >= 11 is 0. The summed E-state index contributed by atoms with van der Waals surface area (Å²) in [5, 5.41) is 17.9. The van der Waals surface area contributed by atoms with Gasteiger partial charge in [0.05, 0.1) is 17.5 Å². The number of likely N-dealkylation sites (tertiary alicyclic amines) is 1. The summed E-state index contributed by atoms with van der Waals surface area (Å²) < 4.78 is 1.87. The largest absolute Gasteiger partial charge is 0.385 e. The Labute approximate surface area is 159 Å². The molecule has 2 aliphatic rings. The van der Waals surface area contributed by atoms with Gasteiger partial charge in [0.25, 0.3) is 5.91 Å². The maximum atomic E-state index is 13.1. The summed E-state index contributed by atoms with van der Waals surface area (Å²) in [6.07, 6.45) is 12.3. The minimum atomic E-state index is -0.575. The molecule has 1 aliphatic carbocycles. The number of imidazole rings is 1. The standard InChI is InChI=1S/C20H29N5O2/c1-24-12-9-21-19(24)18(26)15-7-10-25(11-8-15)20(27)16-13-22-23-17(16)14-5-3-2-4-6-14/h9,12-15,18,26H,2-8,10-11H2,1H3,(H,22,23)/t18-/m1/s1. The zero-order chi connectivity index (χ0) is 18.8. The summed E-state index contributed by atoms with van der Waals surface area (Å²) in [5.74, 6) is 1.35. The molecule has 2 aromatic rings. The minimum absolute atomic E-state index is 0.0780. The highest BCUT2D eigenvalue weighted by Gasteiger charge is 2.32. The van der Waals surface area contributed by atoms with Crippen LogP contribution in [0.5, 0.6) is 0 Å². The van der Waals surface area contributed by atoms with Crippen molar-refractivity contribution in [2.45, 2.75) is 57.0 Å². The fourth-order valence-electron chi connectivity index (χ4n) is 4.63. The number of carbonyl (C=O) groups excluding carboxylic acids is 1. The van der Waals surface area contributed by atoms with Gasteiger partial charge in [-0.3, -0.25) is 9.89 Å². The van der Waals surface area contributed by atoms with Crippen molar-refractivity contribution in [3.8, 4) is 0 Å². The molecular weight excluding hydrogens is 342 g/mol. The van der Waals surface area contributed by atoms with Crippen LogP contribution in [-0.4, -0.2) is 48.8 Å². The molecule has 7 nitrogen and oxygen atoms in total. The highest BCUT2D eigenvalue weighted by Crippen LogP contribution is 2.34. The summed E-state index contributed by atoms with van der Waals surface area (Å²) in [6, 6.07) is 0. The van der Waals surface area contributed by atoms with Gasteiger partial charge in [0, 0.05) is 38.4 Å². The Bertz CT molecular complexity index is 769. The lowest BCUT2D eigenvalue weighted by Gasteiger charge is -2.34. The Morgan fingerprint density at radius 2 is 1.96 bits per heavy atom. The molecule has 0 aromatic carbocycles. The van der Waals surface area contributed by atoms with Gasteiger partial charge < -0.3 is 14.6 Å². The SMILES string of the molecule is Cn1ccnc1[C@H](O)C1CCN(C(=O)c2cn[nH]c2C2CCCCC2)CC1. The molecule has 4 rings (SSSR count). The van der Waals surface area contributed by atoms with E-state index in [0.717, 1.165) is 36.9 Å². The number of rotatable bonds is 4. The lowest BCUT2D eigenvalue weighted by Crippen LogP contribution is -2.40. The quantitative estimate of drug-likeness (QED) is 0.865. The van der Waals surface area contributed by atoms with Gasteiger partial charge in [-0.05, 0) is 31.6 Å². The van der Waals surface area contributed by atoms with E-state index in [1.165, 1.54) is 19.3 Å². The van der Waals surface area contributed by atoms with Crippen molar-refractivity contribution in [1.29, 1.82) is 0 Å². The molecule has 0 unspecified atom stereocenters. The molecule has 2 N–H and O–H groups in total. The summed E-state index contributed by atoms with van der Waals surface area (Å²) in [4.78, 5) is 19.3. The topological polar surface area (TPSA) is 87.0 Å². The number of aliphatic hydroxyl groups excluding tert-OH is 1. The number of hydrogen-bond donors (Lipinski definition) is 2. The first-order valence-electron chi connectivity index (χ1n) is 10.1. The number of aromatic nitrogens is 4. The molecule has 0 radical (unpaired) electrons. The predicted molar refractivity (Wildman–Crippen MR) is 101 cm³/mol. The van der Waals surface area contributed by atoms with Crippen molar-refractivity contribution in [3.05, 3.63) is 35.7 Å². The van der Waals surface area contributed by atoms with Crippen LogP contribution < -0.4 is 0 Å². The number of carbonyl (C=O) groups is 1. The summed E-state index contributed by atoms with van der Waals surface area (Å²) in [5.41, 5.74) is 1.76. The van der Waals surface area contributed by atoms with Crippen LogP contribution in [0.4, 0.5) is 0 Å². The molecule has 1 saturated heterocycles. The van der Waals surface area contributed by atoms with Crippen molar-refractivity contribution >= 4 is 5.91 Å². The number of hydrogen-bond acceptors (Lipinski definition) is 4. The van der Waals surface area contributed by atoms with Gasteiger partial charge >= 0.3 is 0 Å². The molecule has 1 saturated carbocycles. The molecule has 2 fully saturated rings. The monoisotopic (exact) mass is 371 g/mol. The number of amides is 1. The molecule has 27 heavy (non-hydrogen) atoms. The second kappa shape index (κ2) is 7.84.